The molecule has 10 heavy (non-hydrogen) atoms. The lowest BCUT2D eigenvalue weighted by molar-refractivity contribution is 0.936. The minimum absolute atomic E-state index is 0.893. The van der Waals surface area contributed by atoms with Crippen LogP contribution in [0.4, 0.5) is 0 Å². The first kappa shape index (κ1) is 7.56. The van der Waals surface area contributed by atoms with E-state index in [4.69, 9.17) is 5.26 Å². The van der Waals surface area contributed by atoms with Gasteiger partial charge in [0, 0.05) is 10.9 Å². The minimum Gasteiger partial charge on any atom is -0.193 e. The molecule has 2 heteroatoms. The van der Waals surface area contributed by atoms with Crippen LogP contribution in [0.15, 0.2) is 23.3 Å². The summed E-state index contributed by atoms with van der Waals surface area (Å²) in [7, 11) is 0. The molecule has 0 aromatic carbocycles. The van der Waals surface area contributed by atoms with Crippen molar-refractivity contribution in [2.24, 2.45) is 0 Å². The van der Waals surface area contributed by atoms with E-state index >= 15 is 0 Å². The quantitative estimate of drug-likeness (QED) is 0.594. The predicted octanol–water partition coefficient (Wildman–Crippen LogP) is 2.55. The molecular weight excluding hydrogens is 190 g/mol. The minimum atomic E-state index is 0.893. The van der Waals surface area contributed by atoms with E-state index in [0.29, 0.717) is 0 Å². The zero-order valence-electron chi connectivity index (χ0n) is 5.60. The Labute approximate surface area is 69.2 Å². The molecule has 0 saturated heterocycles. The number of nitriles is 1. The molecule has 0 aromatic rings. The summed E-state index contributed by atoms with van der Waals surface area (Å²) in [6.45, 7) is 0. The Kier molecular flexibility index (Phi) is 2.70. The highest BCUT2D eigenvalue weighted by molar-refractivity contribution is 9.09. The number of halogens is 1. The fourth-order valence-corrected chi connectivity index (χ4v) is 1.35. The van der Waals surface area contributed by atoms with Gasteiger partial charge in [0.05, 0.1) is 6.07 Å². The van der Waals surface area contributed by atoms with E-state index in [1.54, 1.807) is 0 Å². The Morgan fingerprint density at radius 1 is 1.50 bits per heavy atom. The first-order valence-corrected chi connectivity index (χ1v) is 4.33. The lowest BCUT2D eigenvalue weighted by atomic mass is 10.0. The molecule has 0 fully saturated rings. The van der Waals surface area contributed by atoms with Crippen molar-refractivity contribution < 1.29 is 0 Å². The van der Waals surface area contributed by atoms with Gasteiger partial charge in [0.15, 0.2) is 0 Å². The average molecular weight is 198 g/mol. The van der Waals surface area contributed by atoms with Gasteiger partial charge in [-0.2, -0.15) is 5.26 Å². The van der Waals surface area contributed by atoms with Crippen molar-refractivity contribution in [1.82, 2.24) is 0 Å². The van der Waals surface area contributed by atoms with Crippen molar-refractivity contribution in [3.05, 3.63) is 23.3 Å². The summed E-state index contributed by atoms with van der Waals surface area (Å²) in [4.78, 5) is 0. The molecule has 0 N–H and O–H groups in total. The summed E-state index contributed by atoms with van der Waals surface area (Å²) >= 11 is 3.37. The van der Waals surface area contributed by atoms with Crippen LogP contribution in [-0.2, 0) is 0 Å². The highest BCUT2D eigenvalue weighted by Crippen LogP contribution is 2.18. The molecule has 0 aliphatic heterocycles. The third-order valence-electron chi connectivity index (χ3n) is 1.55. The van der Waals surface area contributed by atoms with Crippen molar-refractivity contribution >= 4 is 15.9 Å². The molecule has 1 rings (SSSR count). The Bertz CT molecular complexity index is 220. The molecule has 0 unspecified atom stereocenters. The van der Waals surface area contributed by atoms with Crippen molar-refractivity contribution in [2.45, 2.75) is 12.8 Å². The van der Waals surface area contributed by atoms with Gasteiger partial charge in [0.25, 0.3) is 0 Å². The first-order chi connectivity index (χ1) is 4.86. The lowest BCUT2D eigenvalue weighted by Gasteiger charge is -2.06. The second-order valence-corrected chi connectivity index (χ2v) is 2.82. The number of hydrogen-bond acceptors (Lipinski definition) is 1. The van der Waals surface area contributed by atoms with Gasteiger partial charge >= 0.3 is 0 Å². The van der Waals surface area contributed by atoms with E-state index in [1.807, 2.05) is 12.2 Å². The number of alkyl halides is 1. The standard InChI is InChI=1S/C8H8BrN/c9-5-7-1-3-8(6-10)4-2-7/h1,3H,2,4-5H2. The van der Waals surface area contributed by atoms with Crippen LogP contribution in [0.5, 0.6) is 0 Å². The van der Waals surface area contributed by atoms with E-state index in [1.165, 1.54) is 5.57 Å². The molecular formula is C8H8BrN. The zero-order valence-corrected chi connectivity index (χ0v) is 7.19. The molecule has 0 aromatic heterocycles. The SMILES string of the molecule is N#CC1=CC=C(CBr)CC1. The maximum atomic E-state index is 8.49. The Balaban J connectivity index is 2.67. The van der Waals surface area contributed by atoms with Crippen LogP contribution < -0.4 is 0 Å². The van der Waals surface area contributed by atoms with Crippen LogP contribution >= 0.6 is 15.9 Å². The summed E-state index contributed by atoms with van der Waals surface area (Å²) in [5.74, 6) is 0. The summed E-state index contributed by atoms with van der Waals surface area (Å²) in [5, 5.41) is 9.42. The van der Waals surface area contributed by atoms with Crippen LogP contribution in [0.3, 0.4) is 0 Å². The number of rotatable bonds is 1. The van der Waals surface area contributed by atoms with Gasteiger partial charge < -0.3 is 0 Å². The van der Waals surface area contributed by atoms with Crippen molar-refractivity contribution in [2.75, 3.05) is 5.33 Å². The maximum Gasteiger partial charge on any atom is 0.0947 e. The molecule has 52 valence electrons. The smallest absolute Gasteiger partial charge is 0.0947 e. The van der Waals surface area contributed by atoms with Gasteiger partial charge in [-0.1, -0.05) is 27.6 Å². The maximum absolute atomic E-state index is 8.49. The molecule has 0 radical (unpaired) electrons. The molecule has 1 nitrogen and oxygen atoms in total. The van der Waals surface area contributed by atoms with E-state index in [0.717, 1.165) is 23.7 Å². The van der Waals surface area contributed by atoms with Gasteiger partial charge in [-0.15, -0.1) is 0 Å². The van der Waals surface area contributed by atoms with Crippen LogP contribution in [0.25, 0.3) is 0 Å². The Morgan fingerprint density at radius 3 is 2.70 bits per heavy atom. The molecule has 0 bridgehead atoms. The molecule has 0 spiro atoms. The zero-order chi connectivity index (χ0) is 7.40. The van der Waals surface area contributed by atoms with E-state index in [9.17, 15) is 0 Å². The van der Waals surface area contributed by atoms with Crippen molar-refractivity contribution in [3.8, 4) is 6.07 Å². The van der Waals surface area contributed by atoms with Crippen LogP contribution in [-0.4, -0.2) is 5.33 Å². The molecule has 1 aliphatic rings. The second-order valence-electron chi connectivity index (χ2n) is 2.26. The largest absolute Gasteiger partial charge is 0.193 e. The highest BCUT2D eigenvalue weighted by Gasteiger charge is 2.03. The van der Waals surface area contributed by atoms with E-state index in [2.05, 4.69) is 22.0 Å². The van der Waals surface area contributed by atoms with Crippen molar-refractivity contribution in [3.63, 3.8) is 0 Å². The Morgan fingerprint density at radius 2 is 2.30 bits per heavy atom. The predicted molar refractivity (Wildman–Crippen MR) is 44.8 cm³/mol. The number of hydrogen-bond donors (Lipinski definition) is 0. The monoisotopic (exact) mass is 197 g/mol. The molecule has 0 heterocycles. The number of allylic oxidation sites excluding steroid dienone is 4. The van der Waals surface area contributed by atoms with Crippen LogP contribution in [0, 0.1) is 11.3 Å². The lowest BCUT2D eigenvalue weighted by Crippen LogP contribution is -1.92. The third-order valence-corrected chi connectivity index (χ3v) is 2.27. The van der Waals surface area contributed by atoms with Gasteiger partial charge in [-0.25, -0.2) is 0 Å². The van der Waals surface area contributed by atoms with E-state index < -0.39 is 0 Å². The number of nitrogens with zero attached hydrogens (tertiary/aromatic N) is 1. The van der Waals surface area contributed by atoms with Gasteiger partial charge in [-0.05, 0) is 18.9 Å². The van der Waals surface area contributed by atoms with Gasteiger partial charge in [0.2, 0.25) is 0 Å². The normalized spacial score (nSPS) is 17.2. The molecule has 0 saturated carbocycles. The fourth-order valence-electron chi connectivity index (χ4n) is 0.885. The molecule has 1 aliphatic carbocycles. The van der Waals surface area contributed by atoms with Gasteiger partial charge in [-0.3, -0.25) is 0 Å². The summed E-state index contributed by atoms with van der Waals surface area (Å²) in [6.07, 6.45) is 5.87. The first-order valence-electron chi connectivity index (χ1n) is 3.21. The summed E-state index contributed by atoms with van der Waals surface area (Å²) in [5.41, 5.74) is 2.27. The Hall–Kier alpha value is -0.550. The van der Waals surface area contributed by atoms with Crippen molar-refractivity contribution in [1.29, 1.82) is 5.26 Å². The highest BCUT2D eigenvalue weighted by atomic mass is 79.9. The van der Waals surface area contributed by atoms with Crippen LogP contribution in [0.2, 0.25) is 0 Å². The fraction of sp³-hybridized carbons (Fsp3) is 0.375. The summed E-state index contributed by atoms with van der Waals surface area (Å²) in [6, 6.07) is 2.15. The summed E-state index contributed by atoms with van der Waals surface area (Å²) < 4.78 is 0. The topological polar surface area (TPSA) is 23.8 Å². The van der Waals surface area contributed by atoms with E-state index in [-0.39, 0.29) is 0 Å². The van der Waals surface area contributed by atoms with Gasteiger partial charge in [0.1, 0.15) is 0 Å². The second kappa shape index (κ2) is 3.58. The molecule has 0 amide bonds. The average Bonchev–Trinajstić information content (AvgIpc) is 2.05. The third kappa shape index (κ3) is 1.71. The van der Waals surface area contributed by atoms with Crippen LogP contribution in [0.1, 0.15) is 12.8 Å². The molecule has 0 atom stereocenters.